The van der Waals surface area contributed by atoms with E-state index in [2.05, 4.69) is 44.3 Å². The zero-order valence-corrected chi connectivity index (χ0v) is 12.1. The molecule has 2 atom stereocenters. The Kier molecular flexibility index (Phi) is 4.68. The van der Waals surface area contributed by atoms with E-state index in [-0.39, 0.29) is 0 Å². The molecule has 1 heteroatoms. The highest BCUT2D eigenvalue weighted by Gasteiger charge is 2.21. The van der Waals surface area contributed by atoms with Gasteiger partial charge >= 0.3 is 0 Å². The molecule has 1 fully saturated rings. The second kappa shape index (κ2) is 6.26. The quantitative estimate of drug-likeness (QED) is 0.792. The fraction of sp³-hybridized carbons (Fsp3) is 0.647. The molecule has 1 nitrogen and oxygen atoms in total. The maximum absolute atomic E-state index is 3.83. The molecule has 100 valence electrons. The van der Waals surface area contributed by atoms with Crippen LogP contribution in [0.25, 0.3) is 0 Å². The summed E-state index contributed by atoms with van der Waals surface area (Å²) in [5.41, 5.74) is 4.27. The van der Waals surface area contributed by atoms with E-state index >= 15 is 0 Å². The number of hydrogen-bond acceptors (Lipinski definition) is 1. The van der Waals surface area contributed by atoms with E-state index in [0.29, 0.717) is 6.04 Å². The molecule has 1 saturated carbocycles. The van der Waals surface area contributed by atoms with Crippen LogP contribution in [-0.2, 0) is 6.42 Å². The third kappa shape index (κ3) is 3.07. The Bertz CT molecular complexity index is 383. The molecule has 1 aromatic carbocycles. The van der Waals surface area contributed by atoms with Crippen molar-refractivity contribution in [2.24, 2.45) is 5.92 Å². The van der Waals surface area contributed by atoms with Gasteiger partial charge in [-0.15, -0.1) is 0 Å². The molecule has 1 aromatic rings. The van der Waals surface area contributed by atoms with Crippen molar-refractivity contribution in [3.63, 3.8) is 0 Å². The molecule has 2 unspecified atom stereocenters. The smallest absolute Gasteiger partial charge is 0.0404 e. The Morgan fingerprint density at radius 2 is 2.06 bits per heavy atom. The fourth-order valence-corrected chi connectivity index (χ4v) is 3.23. The van der Waals surface area contributed by atoms with E-state index in [1.165, 1.54) is 48.9 Å². The fourth-order valence-electron chi connectivity index (χ4n) is 3.23. The van der Waals surface area contributed by atoms with E-state index in [4.69, 9.17) is 0 Å². The third-order valence-electron chi connectivity index (χ3n) is 4.45. The summed E-state index contributed by atoms with van der Waals surface area (Å²) in [7, 11) is 0. The maximum atomic E-state index is 3.83. The number of hydrogen-bond donors (Lipinski definition) is 1. The lowest BCUT2D eigenvalue weighted by molar-refractivity contribution is 0.327. The third-order valence-corrected chi connectivity index (χ3v) is 4.45. The molecule has 1 aliphatic carbocycles. The summed E-state index contributed by atoms with van der Waals surface area (Å²) in [5.74, 6) is 0.936. The number of rotatable bonds is 4. The lowest BCUT2D eigenvalue weighted by atomic mass is 9.84. The summed E-state index contributed by atoms with van der Waals surface area (Å²) in [4.78, 5) is 0. The van der Waals surface area contributed by atoms with Gasteiger partial charge < -0.3 is 5.32 Å². The SMILES string of the molecule is CCc1cccc(C)c1NC1CCCC(CC)C1. The van der Waals surface area contributed by atoms with E-state index in [1.807, 2.05) is 0 Å². The van der Waals surface area contributed by atoms with Gasteiger partial charge in [-0.25, -0.2) is 0 Å². The van der Waals surface area contributed by atoms with Gasteiger partial charge in [0.2, 0.25) is 0 Å². The maximum Gasteiger partial charge on any atom is 0.0404 e. The number of para-hydroxylation sites is 1. The van der Waals surface area contributed by atoms with Crippen molar-refractivity contribution in [2.45, 2.75) is 65.3 Å². The Morgan fingerprint density at radius 3 is 2.78 bits per heavy atom. The zero-order valence-electron chi connectivity index (χ0n) is 12.1. The van der Waals surface area contributed by atoms with Crippen molar-refractivity contribution >= 4 is 5.69 Å². The van der Waals surface area contributed by atoms with Crippen LogP contribution in [0.2, 0.25) is 0 Å². The molecule has 0 amide bonds. The van der Waals surface area contributed by atoms with Crippen molar-refractivity contribution in [3.8, 4) is 0 Å². The van der Waals surface area contributed by atoms with Crippen LogP contribution in [0.15, 0.2) is 18.2 Å². The van der Waals surface area contributed by atoms with Gasteiger partial charge in [-0.3, -0.25) is 0 Å². The molecule has 0 aliphatic heterocycles. The Labute approximate surface area is 112 Å². The number of nitrogens with one attached hydrogen (secondary N) is 1. The second-order valence-corrected chi connectivity index (χ2v) is 5.74. The van der Waals surface area contributed by atoms with Crippen LogP contribution >= 0.6 is 0 Å². The van der Waals surface area contributed by atoms with Crippen LogP contribution in [0.3, 0.4) is 0 Å². The lowest BCUT2D eigenvalue weighted by Crippen LogP contribution is -2.27. The number of benzene rings is 1. The summed E-state index contributed by atoms with van der Waals surface area (Å²) in [6.45, 7) is 6.80. The largest absolute Gasteiger partial charge is 0.382 e. The summed E-state index contributed by atoms with van der Waals surface area (Å²) in [6, 6.07) is 7.35. The van der Waals surface area contributed by atoms with Gasteiger partial charge in [-0.1, -0.05) is 51.3 Å². The first-order chi connectivity index (χ1) is 8.74. The Balaban J connectivity index is 2.09. The predicted molar refractivity (Wildman–Crippen MR) is 80.2 cm³/mol. The van der Waals surface area contributed by atoms with Gasteiger partial charge in [0.15, 0.2) is 0 Å². The summed E-state index contributed by atoms with van der Waals surface area (Å²) in [5, 5.41) is 3.83. The molecule has 0 saturated heterocycles. The Morgan fingerprint density at radius 1 is 1.22 bits per heavy atom. The lowest BCUT2D eigenvalue weighted by Gasteiger charge is -2.31. The van der Waals surface area contributed by atoms with Gasteiger partial charge in [0, 0.05) is 11.7 Å². The van der Waals surface area contributed by atoms with Crippen molar-refractivity contribution < 1.29 is 0 Å². The van der Waals surface area contributed by atoms with Crippen LogP contribution in [0.5, 0.6) is 0 Å². The summed E-state index contributed by atoms with van der Waals surface area (Å²) < 4.78 is 0. The highest BCUT2D eigenvalue weighted by atomic mass is 14.9. The number of aryl methyl sites for hydroxylation is 2. The van der Waals surface area contributed by atoms with Gasteiger partial charge in [-0.2, -0.15) is 0 Å². The standard InChI is InChI=1S/C17H27N/c1-4-14-9-7-11-16(12-14)18-17-13(3)8-6-10-15(17)5-2/h6,8,10,14,16,18H,4-5,7,9,11-12H2,1-3H3. The average molecular weight is 245 g/mol. The van der Waals surface area contributed by atoms with Crippen molar-refractivity contribution in [1.29, 1.82) is 0 Å². The van der Waals surface area contributed by atoms with Crippen molar-refractivity contribution in [2.75, 3.05) is 5.32 Å². The molecule has 1 N–H and O–H groups in total. The highest BCUT2D eigenvalue weighted by molar-refractivity contribution is 5.57. The topological polar surface area (TPSA) is 12.0 Å². The van der Waals surface area contributed by atoms with Gasteiger partial charge in [0.1, 0.15) is 0 Å². The Hall–Kier alpha value is -0.980. The monoisotopic (exact) mass is 245 g/mol. The van der Waals surface area contributed by atoms with Crippen LogP contribution in [0, 0.1) is 12.8 Å². The second-order valence-electron chi connectivity index (χ2n) is 5.74. The van der Waals surface area contributed by atoms with Gasteiger partial charge in [0.05, 0.1) is 0 Å². The predicted octanol–water partition coefficient (Wildman–Crippen LogP) is 4.94. The first kappa shape index (κ1) is 13.5. The molecule has 0 spiro atoms. The summed E-state index contributed by atoms with van der Waals surface area (Å²) in [6.07, 6.45) is 7.98. The van der Waals surface area contributed by atoms with E-state index in [1.54, 1.807) is 0 Å². The first-order valence-corrected chi connectivity index (χ1v) is 7.59. The highest BCUT2D eigenvalue weighted by Crippen LogP contribution is 2.30. The molecule has 0 aromatic heterocycles. The minimum Gasteiger partial charge on any atom is -0.382 e. The minimum atomic E-state index is 0.690. The molecular weight excluding hydrogens is 218 g/mol. The molecular formula is C17H27N. The molecule has 0 heterocycles. The van der Waals surface area contributed by atoms with E-state index in [9.17, 15) is 0 Å². The van der Waals surface area contributed by atoms with Crippen LogP contribution < -0.4 is 5.32 Å². The minimum absolute atomic E-state index is 0.690. The van der Waals surface area contributed by atoms with E-state index < -0.39 is 0 Å². The number of anilines is 1. The zero-order chi connectivity index (χ0) is 13.0. The molecule has 0 radical (unpaired) electrons. The first-order valence-electron chi connectivity index (χ1n) is 7.59. The molecule has 18 heavy (non-hydrogen) atoms. The summed E-state index contributed by atoms with van der Waals surface area (Å²) >= 11 is 0. The van der Waals surface area contributed by atoms with Crippen molar-refractivity contribution in [1.82, 2.24) is 0 Å². The van der Waals surface area contributed by atoms with Gasteiger partial charge in [-0.05, 0) is 43.2 Å². The molecule has 0 bridgehead atoms. The molecule has 1 aliphatic rings. The molecule has 2 rings (SSSR count). The normalized spacial score (nSPS) is 23.9. The van der Waals surface area contributed by atoms with Gasteiger partial charge in [0.25, 0.3) is 0 Å². The van der Waals surface area contributed by atoms with Crippen molar-refractivity contribution in [3.05, 3.63) is 29.3 Å². The van der Waals surface area contributed by atoms with Crippen LogP contribution in [-0.4, -0.2) is 6.04 Å². The van der Waals surface area contributed by atoms with E-state index in [0.717, 1.165) is 12.3 Å². The average Bonchev–Trinajstić information content (AvgIpc) is 2.41. The van der Waals surface area contributed by atoms with Crippen LogP contribution in [0.4, 0.5) is 5.69 Å². The van der Waals surface area contributed by atoms with Crippen LogP contribution in [0.1, 0.15) is 57.1 Å².